The molecule has 0 atom stereocenters. The highest BCUT2D eigenvalue weighted by Crippen LogP contribution is 2.20. The summed E-state index contributed by atoms with van der Waals surface area (Å²) in [6.07, 6.45) is 0.920. The van der Waals surface area contributed by atoms with Crippen molar-refractivity contribution in [2.45, 2.75) is 18.5 Å². The van der Waals surface area contributed by atoms with Crippen LogP contribution < -0.4 is 10.1 Å². The summed E-state index contributed by atoms with van der Waals surface area (Å²) in [4.78, 5) is 11.1. The fourth-order valence-electron chi connectivity index (χ4n) is 1.85. The van der Waals surface area contributed by atoms with E-state index in [4.69, 9.17) is 4.74 Å². The second-order valence-corrected chi connectivity index (χ2v) is 4.77. The summed E-state index contributed by atoms with van der Waals surface area (Å²) in [5, 5.41) is 2.88. The van der Waals surface area contributed by atoms with E-state index in [2.05, 4.69) is 10.1 Å². The zero-order valence-corrected chi connectivity index (χ0v) is 10.9. The minimum absolute atomic E-state index is 0.0560. The quantitative estimate of drug-likeness (QED) is 0.793. The molecule has 19 heavy (non-hydrogen) atoms. The number of alkyl halides is 1. The van der Waals surface area contributed by atoms with Crippen LogP contribution in [0.5, 0.6) is 5.75 Å². The summed E-state index contributed by atoms with van der Waals surface area (Å²) in [6, 6.07) is 7.37. The molecule has 5 heteroatoms. The lowest BCUT2D eigenvalue weighted by molar-refractivity contribution is -0.140. The first kappa shape index (κ1) is 13.8. The van der Waals surface area contributed by atoms with Crippen molar-refractivity contribution < 1.29 is 18.7 Å². The predicted molar refractivity (Wildman–Crippen MR) is 69.0 cm³/mol. The van der Waals surface area contributed by atoms with Gasteiger partial charge in [-0.2, -0.15) is 0 Å². The van der Waals surface area contributed by atoms with Crippen molar-refractivity contribution >= 4 is 5.97 Å². The molecule has 0 radical (unpaired) electrons. The van der Waals surface area contributed by atoms with Crippen molar-refractivity contribution in [3.63, 3.8) is 0 Å². The topological polar surface area (TPSA) is 47.6 Å². The molecule has 2 rings (SSSR count). The Hall–Kier alpha value is -1.62. The number of hydrogen-bond donors (Lipinski definition) is 1. The minimum Gasteiger partial charge on any atom is -0.490 e. The molecular formula is C14H18FNO3. The Balaban J connectivity index is 1.85. The molecule has 0 aromatic heterocycles. The highest BCUT2D eigenvalue weighted by atomic mass is 19.1. The van der Waals surface area contributed by atoms with Gasteiger partial charge in [-0.1, -0.05) is 12.1 Å². The predicted octanol–water partition coefficient (Wildman–Crippen LogP) is 1.48. The Morgan fingerprint density at radius 2 is 2.26 bits per heavy atom. The monoisotopic (exact) mass is 267 g/mol. The molecular weight excluding hydrogens is 249 g/mol. The average Bonchev–Trinajstić information content (AvgIpc) is 2.41. The lowest BCUT2D eigenvalue weighted by Gasteiger charge is -2.34. The number of rotatable bonds is 6. The first-order chi connectivity index (χ1) is 9.11. The van der Waals surface area contributed by atoms with E-state index < -0.39 is 5.67 Å². The number of halogens is 1. The molecule has 0 unspecified atom stereocenters. The van der Waals surface area contributed by atoms with E-state index in [0.717, 1.165) is 5.56 Å². The van der Waals surface area contributed by atoms with Gasteiger partial charge in [-0.05, 0) is 24.1 Å². The third-order valence-corrected chi connectivity index (χ3v) is 3.13. The third kappa shape index (κ3) is 3.92. The lowest BCUT2D eigenvalue weighted by Crippen LogP contribution is -2.59. The first-order valence-corrected chi connectivity index (χ1v) is 6.29. The van der Waals surface area contributed by atoms with E-state index in [9.17, 15) is 9.18 Å². The maximum Gasteiger partial charge on any atom is 0.305 e. The van der Waals surface area contributed by atoms with Gasteiger partial charge in [0.25, 0.3) is 0 Å². The third-order valence-electron chi connectivity index (χ3n) is 3.13. The summed E-state index contributed by atoms with van der Waals surface area (Å²) in [5.41, 5.74) is -0.273. The van der Waals surface area contributed by atoms with E-state index in [0.29, 0.717) is 31.7 Å². The van der Waals surface area contributed by atoms with Gasteiger partial charge < -0.3 is 14.8 Å². The van der Waals surface area contributed by atoms with E-state index in [1.54, 1.807) is 6.07 Å². The highest BCUT2D eigenvalue weighted by Gasteiger charge is 2.37. The Morgan fingerprint density at radius 1 is 1.47 bits per heavy atom. The van der Waals surface area contributed by atoms with Crippen LogP contribution in [0.4, 0.5) is 4.39 Å². The van der Waals surface area contributed by atoms with E-state index >= 15 is 0 Å². The standard InChI is InChI=1S/C14H18FNO3/c1-18-13(17)6-5-11-3-2-4-12(7-11)19-10-14(15)8-16-9-14/h2-4,7,16H,5-6,8-10H2,1H3. The van der Waals surface area contributed by atoms with Crippen molar-refractivity contribution in [1.29, 1.82) is 0 Å². The summed E-state index contributed by atoms with van der Waals surface area (Å²) >= 11 is 0. The molecule has 1 aromatic rings. The SMILES string of the molecule is COC(=O)CCc1cccc(OCC2(F)CNC2)c1. The first-order valence-electron chi connectivity index (χ1n) is 6.29. The zero-order chi connectivity index (χ0) is 13.7. The summed E-state index contributed by atoms with van der Waals surface area (Å²) in [5.74, 6) is 0.390. The van der Waals surface area contributed by atoms with Gasteiger partial charge in [0.2, 0.25) is 0 Å². The van der Waals surface area contributed by atoms with E-state index in [-0.39, 0.29) is 12.6 Å². The van der Waals surface area contributed by atoms with Crippen molar-refractivity contribution in [2.24, 2.45) is 0 Å². The molecule has 104 valence electrons. The van der Waals surface area contributed by atoms with Crippen molar-refractivity contribution in [3.05, 3.63) is 29.8 Å². The molecule has 0 spiro atoms. The Morgan fingerprint density at radius 3 is 2.89 bits per heavy atom. The second kappa shape index (κ2) is 6.02. The van der Waals surface area contributed by atoms with E-state index in [1.807, 2.05) is 18.2 Å². The lowest BCUT2D eigenvalue weighted by atomic mass is 10.0. The maximum absolute atomic E-state index is 13.7. The molecule has 0 amide bonds. The number of hydrogen-bond acceptors (Lipinski definition) is 4. The minimum atomic E-state index is -1.25. The normalized spacial score (nSPS) is 16.5. The van der Waals surface area contributed by atoms with Gasteiger partial charge in [0.05, 0.1) is 7.11 Å². The van der Waals surface area contributed by atoms with Gasteiger partial charge in [0.1, 0.15) is 12.4 Å². The number of aryl methyl sites for hydroxylation is 1. The van der Waals surface area contributed by atoms with Crippen molar-refractivity contribution in [3.8, 4) is 5.75 Å². The largest absolute Gasteiger partial charge is 0.490 e. The number of carbonyl (C=O) groups is 1. The number of benzene rings is 1. The summed E-state index contributed by atoms with van der Waals surface area (Å²) < 4.78 is 23.8. The van der Waals surface area contributed by atoms with Crippen LogP contribution in [-0.2, 0) is 16.0 Å². The molecule has 1 aliphatic heterocycles. The molecule has 1 aliphatic rings. The van der Waals surface area contributed by atoms with Crippen LogP contribution in [0.3, 0.4) is 0 Å². The van der Waals surface area contributed by atoms with Crippen LogP contribution >= 0.6 is 0 Å². The van der Waals surface area contributed by atoms with Crippen molar-refractivity contribution in [1.82, 2.24) is 5.32 Å². The maximum atomic E-state index is 13.7. The number of nitrogens with one attached hydrogen (secondary N) is 1. The second-order valence-electron chi connectivity index (χ2n) is 4.77. The van der Waals surface area contributed by atoms with Gasteiger partial charge in [0, 0.05) is 19.5 Å². The van der Waals surface area contributed by atoms with Crippen LogP contribution in [0.2, 0.25) is 0 Å². The highest BCUT2D eigenvalue weighted by molar-refractivity contribution is 5.69. The molecule has 1 saturated heterocycles. The van der Waals surface area contributed by atoms with E-state index in [1.165, 1.54) is 7.11 Å². The molecule has 0 aliphatic carbocycles. The molecule has 1 heterocycles. The van der Waals surface area contributed by atoms with Crippen LogP contribution in [0.1, 0.15) is 12.0 Å². The van der Waals surface area contributed by atoms with Gasteiger partial charge in [-0.15, -0.1) is 0 Å². The average molecular weight is 267 g/mol. The van der Waals surface area contributed by atoms with Gasteiger partial charge >= 0.3 is 5.97 Å². The number of methoxy groups -OCH3 is 1. The molecule has 1 N–H and O–H groups in total. The number of ether oxygens (including phenoxy) is 2. The number of carbonyl (C=O) groups excluding carboxylic acids is 1. The zero-order valence-electron chi connectivity index (χ0n) is 10.9. The molecule has 1 fully saturated rings. The smallest absolute Gasteiger partial charge is 0.305 e. The summed E-state index contributed by atoms with van der Waals surface area (Å²) in [6.45, 7) is 0.741. The van der Waals surface area contributed by atoms with Crippen LogP contribution in [-0.4, -0.2) is 38.4 Å². The Labute approximate surface area is 111 Å². The number of esters is 1. The fourth-order valence-corrected chi connectivity index (χ4v) is 1.85. The molecule has 1 aromatic carbocycles. The Bertz CT molecular complexity index is 446. The van der Waals surface area contributed by atoms with Crippen LogP contribution in [0, 0.1) is 0 Å². The van der Waals surface area contributed by atoms with Crippen LogP contribution in [0.25, 0.3) is 0 Å². The van der Waals surface area contributed by atoms with Gasteiger partial charge in [-0.25, -0.2) is 4.39 Å². The van der Waals surface area contributed by atoms with Crippen molar-refractivity contribution in [2.75, 3.05) is 26.8 Å². The molecule has 0 saturated carbocycles. The van der Waals surface area contributed by atoms with Gasteiger partial charge in [-0.3, -0.25) is 4.79 Å². The molecule has 0 bridgehead atoms. The molecule has 4 nitrogen and oxygen atoms in total. The fraction of sp³-hybridized carbons (Fsp3) is 0.500. The van der Waals surface area contributed by atoms with Gasteiger partial charge in [0.15, 0.2) is 5.67 Å². The summed E-state index contributed by atoms with van der Waals surface area (Å²) in [7, 11) is 1.37. The Kier molecular flexibility index (Phi) is 4.37. The van der Waals surface area contributed by atoms with Crippen LogP contribution in [0.15, 0.2) is 24.3 Å².